The quantitative estimate of drug-likeness (QED) is 0.286. The summed E-state index contributed by atoms with van der Waals surface area (Å²) >= 11 is 6.43. The van der Waals surface area contributed by atoms with E-state index in [0.717, 1.165) is 24.1 Å². The van der Waals surface area contributed by atoms with Gasteiger partial charge in [-0.3, -0.25) is 10.1 Å². The maximum Gasteiger partial charge on any atom is 0.269 e. The lowest BCUT2D eigenvalue weighted by Gasteiger charge is -2.15. The fourth-order valence-corrected chi connectivity index (χ4v) is 2.91. The first-order valence-corrected chi connectivity index (χ1v) is 9.95. The summed E-state index contributed by atoms with van der Waals surface area (Å²) in [5.74, 6) is 1.19. The molecule has 0 aromatic heterocycles. The highest BCUT2D eigenvalue weighted by Crippen LogP contribution is 2.34. The normalized spacial score (nSPS) is 10.7. The first-order valence-electron chi connectivity index (χ1n) is 9.57. The monoisotopic (exact) mass is 406 g/mol. The van der Waals surface area contributed by atoms with Crippen LogP contribution in [0.15, 0.2) is 36.4 Å². The zero-order valence-electron chi connectivity index (χ0n) is 16.4. The van der Waals surface area contributed by atoms with Crippen molar-refractivity contribution in [1.29, 1.82) is 0 Å². The fraction of sp³-hybridized carbons (Fsp3) is 0.429. The summed E-state index contributed by atoms with van der Waals surface area (Å²) in [6, 6.07) is 9.94. The summed E-state index contributed by atoms with van der Waals surface area (Å²) < 4.78 is 11.6. The molecule has 0 amide bonds. The minimum absolute atomic E-state index is 0.0533. The molecule has 7 heteroatoms. The van der Waals surface area contributed by atoms with E-state index in [1.54, 1.807) is 18.2 Å². The van der Waals surface area contributed by atoms with Crippen molar-refractivity contribution >= 4 is 17.3 Å². The third kappa shape index (κ3) is 6.69. The molecule has 0 saturated carbocycles. The van der Waals surface area contributed by atoms with Gasteiger partial charge < -0.3 is 14.8 Å². The molecule has 152 valence electrons. The van der Waals surface area contributed by atoms with Gasteiger partial charge in [0.15, 0.2) is 11.5 Å². The van der Waals surface area contributed by atoms with Gasteiger partial charge in [-0.05, 0) is 49.2 Å². The first-order chi connectivity index (χ1) is 13.5. The van der Waals surface area contributed by atoms with Crippen LogP contribution in [0.1, 0.15) is 44.2 Å². The molecule has 0 heterocycles. The summed E-state index contributed by atoms with van der Waals surface area (Å²) in [6.07, 6.45) is 3.54. The Hall–Kier alpha value is -2.31. The largest absolute Gasteiger partial charge is 0.490 e. The molecule has 2 rings (SSSR count). The van der Waals surface area contributed by atoms with Gasteiger partial charge in [0.05, 0.1) is 11.5 Å². The van der Waals surface area contributed by atoms with Crippen molar-refractivity contribution < 1.29 is 14.4 Å². The van der Waals surface area contributed by atoms with E-state index < -0.39 is 4.92 Å². The second kappa shape index (κ2) is 11.5. The molecule has 28 heavy (non-hydrogen) atoms. The van der Waals surface area contributed by atoms with Crippen molar-refractivity contribution in [3.63, 3.8) is 0 Å². The second-order valence-corrected chi connectivity index (χ2v) is 6.83. The van der Waals surface area contributed by atoms with Crippen molar-refractivity contribution in [2.45, 2.75) is 46.3 Å². The summed E-state index contributed by atoms with van der Waals surface area (Å²) in [4.78, 5) is 10.3. The molecular weight excluding hydrogens is 380 g/mol. The van der Waals surface area contributed by atoms with Crippen LogP contribution < -0.4 is 14.8 Å². The van der Waals surface area contributed by atoms with Crippen LogP contribution in [0.4, 0.5) is 5.69 Å². The number of hydrogen-bond donors (Lipinski definition) is 1. The van der Waals surface area contributed by atoms with Gasteiger partial charge in [0.25, 0.3) is 5.69 Å². The van der Waals surface area contributed by atoms with Gasteiger partial charge in [0, 0.05) is 29.8 Å². The molecule has 0 saturated heterocycles. The van der Waals surface area contributed by atoms with E-state index >= 15 is 0 Å². The van der Waals surface area contributed by atoms with Crippen LogP contribution in [0.5, 0.6) is 11.5 Å². The number of nitrogens with one attached hydrogen (secondary N) is 1. The number of nitrogens with zero attached hydrogens (tertiary/aromatic N) is 1. The van der Waals surface area contributed by atoms with Crippen LogP contribution in [-0.2, 0) is 13.2 Å². The van der Waals surface area contributed by atoms with E-state index in [1.165, 1.54) is 25.0 Å². The molecule has 0 aliphatic carbocycles. The minimum atomic E-state index is -0.424. The smallest absolute Gasteiger partial charge is 0.269 e. The van der Waals surface area contributed by atoms with Crippen LogP contribution in [-0.4, -0.2) is 18.1 Å². The molecule has 2 aromatic rings. The summed E-state index contributed by atoms with van der Waals surface area (Å²) in [7, 11) is 0. The molecular formula is C21H27ClN2O4. The van der Waals surface area contributed by atoms with Gasteiger partial charge in [-0.2, -0.15) is 0 Å². The molecule has 0 radical (unpaired) electrons. The number of ether oxygens (including phenoxy) is 2. The number of non-ortho nitro benzene ring substituents is 1. The molecule has 0 unspecified atom stereocenters. The Labute approximate surface area is 171 Å². The predicted octanol–water partition coefficient (Wildman–Crippen LogP) is 5.51. The van der Waals surface area contributed by atoms with Crippen LogP contribution in [0, 0.1) is 10.1 Å². The van der Waals surface area contributed by atoms with E-state index in [0.29, 0.717) is 29.7 Å². The van der Waals surface area contributed by atoms with Gasteiger partial charge in [-0.15, -0.1) is 0 Å². The molecule has 0 fully saturated rings. The topological polar surface area (TPSA) is 73.6 Å². The average molecular weight is 407 g/mol. The average Bonchev–Trinajstić information content (AvgIpc) is 2.69. The Kier molecular flexibility index (Phi) is 9.04. The number of rotatable bonds is 12. The number of nitro benzene ring substituents is 1. The SMILES string of the molecule is CCCCCNCc1cc(OCC)c(OCc2ccc([N+](=O)[O-])cc2)cc1Cl. The fourth-order valence-electron chi connectivity index (χ4n) is 2.69. The summed E-state index contributed by atoms with van der Waals surface area (Å²) in [6.45, 7) is 6.50. The summed E-state index contributed by atoms with van der Waals surface area (Å²) in [5, 5.41) is 14.8. The molecule has 1 N–H and O–H groups in total. The maximum atomic E-state index is 10.7. The van der Waals surface area contributed by atoms with E-state index in [1.807, 2.05) is 13.0 Å². The lowest BCUT2D eigenvalue weighted by atomic mass is 10.2. The highest BCUT2D eigenvalue weighted by Gasteiger charge is 2.12. The zero-order valence-corrected chi connectivity index (χ0v) is 17.1. The molecule has 0 atom stereocenters. The minimum Gasteiger partial charge on any atom is -0.490 e. The van der Waals surface area contributed by atoms with Gasteiger partial charge >= 0.3 is 0 Å². The molecule has 0 aliphatic heterocycles. The number of benzene rings is 2. The van der Waals surface area contributed by atoms with Crippen LogP contribution in [0.2, 0.25) is 5.02 Å². The Balaban J connectivity index is 2.03. The molecule has 2 aromatic carbocycles. The van der Waals surface area contributed by atoms with Crippen molar-refractivity contribution in [1.82, 2.24) is 5.32 Å². The molecule has 0 spiro atoms. The zero-order chi connectivity index (χ0) is 20.4. The van der Waals surface area contributed by atoms with E-state index in [-0.39, 0.29) is 12.3 Å². The molecule has 0 bridgehead atoms. The Bertz CT molecular complexity index is 766. The third-order valence-corrected chi connectivity index (χ3v) is 4.58. The molecule has 0 aliphatic rings. The highest BCUT2D eigenvalue weighted by molar-refractivity contribution is 6.31. The lowest BCUT2D eigenvalue weighted by Crippen LogP contribution is -2.15. The van der Waals surface area contributed by atoms with Crippen LogP contribution >= 0.6 is 11.6 Å². The van der Waals surface area contributed by atoms with Gasteiger partial charge in [-0.1, -0.05) is 31.4 Å². The van der Waals surface area contributed by atoms with Crippen LogP contribution in [0.3, 0.4) is 0 Å². The number of hydrogen-bond acceptors (Lipinski definition) is 5. The Morgan fingerprint density at radius 3 is 2.43 bits per heavy atom. The Morgan fingerprint density at radius 1 is 1.07 bits per heavy atom. The standard InChI is InChI=1S/C21H27ClN2O4/c1-3-5-6-11-23-14-17-12-20(27-4-2)21(13-19(17)22)28-15-16-7-9-18(10-8-16)24(25)26/h7-10,12-13,23H,3-6,11,14-15H2,1-2H3. The van der Waals surface area contributed by atoms with Gasteiger partial charge in [-0.25, -0.2) is 0 Å². The highest BCUT2D eigenvalue weighted by atomic mass is 35.5. The van der Waals surface area contributed by atoms with Crippen molar-refractivity contribution in [3.8, 4) is 11.5 Å². The van der Waals surface area contributed by atoms with Crippen molar-refractivity contribution in [3.05, 3.63) is 62.7 Å². The number of nitro groups is 1. The Morgan fingerprint density at radius 2 is 1.79 bits per heavy atom. The number of unbranched alkanes of at least 4 members (excludes halogenated alkanes) is 2. The number of halogens is 1. The van der Waals surface area contributed by atoms with Gasteiger partial charge in [0.1, 0.15) is 6.61 Å². The second-order valence-electron chi connectivity index (χ2n) is 6.42. The van der Waals surface area contributed by atoms with E-state index in [9.17, 15) is 10.1 Å². The first kappa shape index (κ1) is 22.0. The van der Waals surface area contributed by atoms with Gasteiger partial charge in [0.2, 0.25) is 0 Å². The van der Waals surface area contributed by atoms with Crippen molar-refractivity contribution in [2.24, 2.45) is 0 Å². The lowest BCUT2D eigenvalue weighted by molar-refractivity contribution is -0.384. The van der Waals surface area contributed by atoms with Crippen molar-refractivity contribution in [2.75, 3.05) is 13.2 Å². The van der Waals surface area contributed by atoms with E-state index in [4.69, 9.17) is 21.1 Å². The molecule has 6 nitrogen and oxygen atoms in total. The maximum absolute atomic E-state index is 10.7. The predicted molar refractivity (Wildman–Crippen MR) is 111 cm³/mol. The van der Waals surface area contributed by atoms with Crippen LogP contribution in [0.25, 0.3) is 0 Å². The third-order valence-electron chi connectivity index (χ3n) is 4.23. The van der Waals surface area contributed by atoms with E-state index in [2.05, 4.69) is 12.2 Å². The summed E-state index contributed by atoms with van der Waals surface area (Å²) in [5.41, 5.74) is 1.84.